The molecule has 2 fully saturated rings. The van der Waals surface area contributed by atoms with E-state index < -0.39 is 23.6 Å². The molecular weight excluding hydrogens is 209 g/mol. The minimum Gasteiger partial charge on any atom is -0.353 e. The van der Waals surface area contributed by atoms with Gasteiger partial charge in [0.15, 0.2) is 0 Å². The van der Waals surface area contributed by atoms with Crippen molar-refractivity contribution in [1.29, 1.82) is 0 Å². The van der Waals surface area contributed by atoms with Gasteiger partial charge in [-0.15, -0.1) is 0 Å². The first-order valence-corrected chi connectivity index (χ1v) is 4.73. The molecule has 2 unspecified atom stereocenters. The number of hydrogen-bond donors (Lipinski definition) is 5. The van der Waals surface area contributed by atoms with Crippen LogP contribution in [0.15, 0.2) is 0 Å². The molecule has 2 rings (SSSR count). The SMILES string of the molecule is OC1(O)CCC2(C(O)(O)O)CC(F)CN12. The van der Waals surface area contributed by atoms with Gasteiger partial charge in [-0.3, -0.25) is 0 Å². The second-order valence-electron chi connectivity index (χ2n) is 4.35. The first-order chi connectivity index (χ1) is 6.69. The van der Waals surface area contributed by atoms with Gasteiger partial charge in [0, 0.05) is 19.4 Å². The summed E-state index contributed by atoms with van der Waals surface area (Å²) < 4.78 is 13.2. The largest absolute Gasteiger partial charge is 0.353 e. The van der Waals surface area contributed by atoms with Crippen molar-refractivity contribution in [2.24, 2.45) is 0 Å². The van der Waals surface area contributed by atoms with Gasteiger partial charge in [-0.25, -0.2) is 9.29 Å². The van der Waals surface area contributed by atoms with E-state index in [1.165, 1.54) is 0 Å². The van der Waals surface area contributed by atoms with Gasteiger partial charge in [0.05, 0.1) is 0 Å². The molecule has 0 aromatic rings. The number of nitrogens with zero attached hydrogens (tertiary/aromatic N) is 1. The molecule has 2 aliphatic heterocycles. The van der Waals surface area contributed by atoms with Gasteiger partial charge >= 0.3 is 0 Å². The smallest absolute Gasteiger partial charge is 0.295 e. The molecule has 0 aromatic carbocycles. The topological polar surface area (TPSA) is 104 Å². The van der Waals surface area contributed by atoms with Crippen molar-refractivity contribution in [2.45, 2.75) is 42.9 Å². The quantitative estimate of drug-likeness (QED) is 0.324. The Hall–Kier alpha value is -0.310. The molecule has 7 heteroatoms. The maximum absolute atomic E-state index is 13.2. The van der Waals surface area contributed by atoms with Gasteiger partial charge in [0.25, 0.3) is 5.97 Å². The molecule has 0 radical (unpaired) electrons. The first-order valence-electron chi connectivity index (χ1n) is 4.73. The van der Waals surface area contributed by atoms with Crippen molar-refractivity contribution in [3.63, 3.8) is 0 Å². The monoisotopic (exact) mass is 223 g/mol. The lowest BCUT2D eigenvalue weighted by atomic mass is 9.91. The summed E-state index contributed by atoms with van der Waals surface area (Å²) in [6.45, 7) is -0.337. The Kier molecular flexibility index (Phi) is 2.14. The number of hydrogen-bond acceptors (Lipinski definition) is 6. The van der Waals surface area contributed by atoms with E-state index >= 15 is 0 Å². The number of aliphatic hydroxyl groups is 5. The van der Waals surface area contributed by atoms with Crippen molar-refractivity contribution in [1.82, 2.24) is 4.90 Å². The Morgan fingerprint density at radius 3 is 2.27 bits per heavy atom. The third kappa shape index (κ3) is 1.39. The number of rotatable bonds is 1. The van der Waals surface area contributed by atoms with Crippen LogP contribution in [0.5, 0.6) is 0 Å². The van der Waals surface area contributed by atoms with Gasteiger partial charge in [-0.2, -0.15) is 0 Å². The number of halogens is 1. The summed E-state index contributed by atoms with van der Waals surface area (Å²) in [5, 5.41) is 46.6. The molecule has 0 bridgehead atoms. The normalized spacial score (nSPS) is 40.8. The van der Waals surface area contributed by atoms with Crippen molar-refractivity contribution >= 4 is 0 Å². The number of alkyl halides is 1. The molecule has 88 valence electrons. The lowest BCUT2D eigenvalue weighted by molar-refractivity contribution is -0.384. The molecule has 6 nitrogen and oxygen atoms in total. The van der Waals surface area contributed by atoms with Gasteiger partial charge in [0.1, 0.15) is 11.7 Å². The number of fused-ring (bicyclic) bond motifs is 1. The van der Waals surface area contributed by atoms with E-state index in [1.807, 2.05) is 0 Å². The highest BCUT2D eigenvalue weighted by Crippen LogP contribution is 2.50. The first kappa shape index (κ1) is 11.2. The second-order valence-corrected chi connectivity index (χ2v) is 4.35. The summed E-state index contributed by atoms with van der Waals surface area (Å²) in [5.74, 6) is -5.43. The summed E-state index contributed by atoms with van der Waals surface area (Å²) in [7, 11) is 0. The van der Waals surface area contributed by atoms with Crippen molar-refractivity contribution in [3.8, 4) is 0 Å². The molecule has 0 spiro atoms. The highest BCUT2D eigenvalue weighted by Gasteiger charge is 2.67. The van der Waals surface area contributed by atoms with Crippen LogP contribution in [0.4, 0.5) is 4.39 Å². The molecule has 0 aromatic heterocycles. The van der Waals surface area contributed by atoms with Gasteiger partial charge < -0.3 is 25.5 Å². The van der Waals surface area contributed by atoms with Crippen LogP contribution in [0, 0.1) is 0 Å². The average Bonchev–Trinajstić information content (AvgIpc) is 2.49. The van der Waals surface area contributed by atoms with Crippen molar-refractivity contribution in [2.75, 3.05) is 6.54 Å². The summed E-state index contributed by atoms with van der Waals surface area (Å²) in [4.78, 5) is 0.810. The van der Waals surface area contributed by atoms with E-state index in [0.717, 1.165) is 4.90 Å². The highest BCUT2D eigenvalue weighted by atomic mass is 19.1. The summed E-state index contributed by atoms with van der Waals surface area (Å²) >= 11 is 0. The van der Waals surface area contributed by atoms with Crippen LogP contribution in [-0.2, 0) is 0 Å². The zero-order chi connectivity index (χ0) is 11.5. The van der Waals surface area contributed by atoms with E-state index in [-0.39, 0.29) is 25.8 Å². The van der Waals surface area contributed by atoms with Crippen LogP contribution in [0.1, 0.15) is 19.3 Å². The average molecular weight is 223 g/mol. The van der Waals surface area contributed by atoms with E-state index in [9.17, 15) is 29.9 Å². The second kappa shape index (κ2) is 2.88. The van der Waals surface area contributed by atoms with Gasteiger partial charge in [-0.05, 0) is 6.42 Å². The molecule has 2 heterocycles. The molecule has 0 amide bonds. The maximum Gasteiger partial charge on any atom is 0.295 e. The Labute approximate surface area is 85.2 Å². The highest BCUT2D eigenvalue weighted by molar-refractivity contribution is 5.10. The molecule has 2 saturated heterocycles. The molecule has 5 N–H and O–H groups in total. The Morgan fingerprint density at radius 1 is 1.20 bits per heavy atom. The molecule has 2 aliphatic rings. The van der Waals surface area contributed by atoms with Crippen LogP contribution < -0.4 is 0 Å². The van der Waals surface area contributed by atoms with Crippen LogP contribution in [-0.4, -0.2) is 60.6 Å². The molecule has 2 atom stereocenters. The van der Waals surface area contributed by atoms with Crippen LogP contribution in [0.2, 0.25) is 0 Å². The Bertz CT molecular complexity index is 279. The van der Waals surface area contributed by atoms with Crippen LogP contribution in [0.3, 0.4) is 0 Å². The van der Waals surface area contributed by atoms with E-state index in [1.54, 1.807) is 0 Å². The predicted molar refractivity (Wildman–Crippen MR) is 44.7 cm³/mol. The van der Waals surface area contributed by atoms with Crippen molar-refractivity contribution < 1.29 is 29.9 Å². The minimum atomic E-state index is -3.14. The van der Waals surface area contributed by atoms with E-state index in [2.05, 4.69) is 0 Å². The van der Waals surface area contributed by atoms with Gasteiger partial charge in [-0.1, -0.05) is 0 Å². The molecular formula is C8H14FNO5. The standard InChI is InChI=1S/C8H14FNO5/c9-5-3-6(8(13,14)15)1-2-7(11,12)10(6)4-5/h5,11-15H,1-4H2. The fourth-order valence-corrected chi connectivity index (χ4v) is 2.64. The molecule has 0 aliphatic carbocycles. The van der Waals surface area contributed by atoms with E-state index in [4.69, 9.17) is 0 Å². The zero-order valence-corrected chi connectivity index (χ0v) is 7.97. The Balaban J connectivity index is 2.39. The van der Waals surface area contributed by atoms with Gasteiger partial charge in [0.2, 0.25) is 5.91 Å². The molecule has 0 saturated carbocycles. The minimum absolute atomic E-state index is 0.0933. The Morgan fingerprint density at radius 2 is 1.80 bits per heavy atom. The summed E-state index contributed by atoms with van der Waals surface area (Å²) in [6.07, 6.45) is -2.01. The van der Waals surface area contributed by atoms with Crippen LogP contribution >= 0.6 is 0 Å². The lowest BCUT2D eigenvalue weighted by Crippen LogP contribution is -2.62. The summed E-state index contributed by atoms with van der Waals surface area (Å²) in [5.41, 5.74) is -1.73. The maximum atomic E-state index is 13.2. The third-order valence-electron chi connectivity index (χ3n) is 3.39. The third-order valence-corrected chi connectivity index (χ3v) is 3.39. The lowest BCUT2D eigenvalue weighted by Gasteiger charge is -2.40. The zero-order valence-electron chi connectivity index (χ0n) is 7.97. The van der Waals surface area contributed by atoms with Crippen molar-refractivity contribution in [3.05, 3.63) is 0 Å². The van der Waals surface area contributed by atoms with E-state index in [0.29, 0.717) is 0 Å². The summed E-state index contributed by atoms with van der Waals surface area (Å²) in [6, 6.07) is 0. The molecule has 15 heavy (non-hydrogen) atoms. The fourth-order valence-electron chi connectivity index (χ4n) is 2.64. The predicted octanol–water partition coefficient (Wildman–Crippen LogP) is -2.17. The van der Waals surface area contributed by atoms with Crippen LogP contribution in [0.25, 0.3) is 0 Å². The fraction of sp³-hybridized carbons (Fsp3) is 1.00.